The molecule has 0 aliphatic heterocycles. The summed E-state index contributed by atoms with van der Waals surface area (Å²) >= 11 is 0. The van der Waals surface area contributed by atoms with Gasteiger partial charge in [-0.2, -0.15) is 5.26 Å². The Morgan fingerprint density at radius 1 is 1.15 bits per heavy atom. The lowest BCUT2D eigenvalue weighted by molar-refractivity contribution is 0.0526. The zero-order valence-electron chi connectivity index (χ0n) is 14.2. The van der Waals surface area contributed by atoms with E-state index in [1.165, 1.54) is 0 Å². The van der Waals surface area contributed by atoms with Gasteiger partial charge in [-0.25, -0.2) is 4.98 Å². The van der Waals surface area contributed by atoms with Crippen LogP contribution in [-0.4, -0.2) is 41.6 Å². The number of nitrogens with zero attached hydrogens (tertiary/aromatic N) is 2. The Hall–Kier alpha value is -3.14. The van der Waals surface area contributed by atoms with Gasteiger partial charge in [0.15, 0.2) is 0 Å². The van der Waals surface area contributed by atoms with Gasteiger partial charge >= 0.3 is 0 Å². The molecule has 26 heavy (non-hydrogen) atoms. The number of aliphatic hydroxyl groups is 2. The fourth-order valence-electron chi connectivity index (χ4n) is 2.74. The topological polar surface area (TPSA) is 95.6 Å². The molecule has 0 fully saturated rings. The van der Waals surface area contributed by atoms with E-state index in [0.29, 0.717) is 11.1 Å². The lowest BCUT2D eigenvalue weighted by Gasteiger charge is -2.16. The van der Waals surface area contributed by atoms with Crippen molar-refractivity contribution >= 4 is 10.8 Å². The van der Waals surface area contributed by atoms with Gasteiger partial charge in [0, 0.05) is 16.3 Å². The normalized spacial score (nSPS) is 11.8. The highest BCUT2D eigenvalue weighted by Crippen LogP contribution is 2.39. The van der Waals surface area contributed by atoms with E-state index in [-0.39, 0.29) is 18.2 Å². The number of aliphatic hydroxyl groups excluding tert-OH is 2. The van der Waals surface area contributed by atoms with Crippen molar-refractivity contribution in [3.8, 4) is 28.8 Å². The summed E-state index contributed by atoms with van der Waals surface area (Å²) in [5.74, 6) is 0.895. The minimum Gasteiger partial charge on any atom is -0.496 e. The molecule has 6 heteroatoms. The van der Waals surface area contributed by atoms with Crippen molar-refractivity contribution in [2.45, 2.75) is 6.10 Å². The van der Waals surface area contributed by atoms with Crippen LogP contribution in [0.5, 0.6) is 11.6 Å². The Morgan fingerprint density at radius 2 is 1.92 bits per heavy atom. The fraction of sp³-hybridized carbons (Fsp3) is 0.200. The van der Waals surface area contributed by atoms with Crippen molar-refractivity contribution in [1.82, 2.24) is 4.98 Å². The highest BCUT2D eigenvalue weighted by molar-refractivity contribution is 6.02. The number of aromatic nitrogens is 1. The average Bonchev–Trinajstić information content (AvgIpc) is 2.70. The second kappa shape index (κ2) is 7.83. The number of hydrogen-bond acceptors (Lipinski definition) is 6. The van der Waals surface area contributed by atoms with Crippen molar-refractivity contribution in [3.05, 3.63) is 54.2 Å². The van der Waals surface area contributed by atoms with Gasteiger partial charge in [0.25, 0.3) is 0 Å². The van der Waals surface area contributed by atoms with E-state index in [2.05, 4.69) is 4.98 Å². The van der Waals surface area contributed by atoms with E-state index in [9.17, 15) is 10.4 Å². The van der Waals surface area contributed by atoms with Gasteiger partial charge in [0.1, 0.15) is 30.2 Å². The molecule has 0 saturated heterocycles. The summed E-state index contributed by atoms with van der Waals surface area (Å²) < 4.78 is 11.1. The average molecular weight is 350 g/mol. The smallest absolute Gasteiger partial charge is 0.222 e. The minimum atomic E-state index is -1.02. The Kier molecular flexibility index (Phi) is 5.32. The van der Waals surface area contributed by atoms with Gasteiger partial charge in [0.05, 0.1) is 13.7 Å². The molecule has 0 amide bonds. The molecule has 6 nitrogen and oxygen atoms in total. The van der Waals surface area contributed by atoms with Gasteiger partial charge in [-0.15, -0.1) is 0 Å². The Morgan fingerprint density at radius 3 is 2.58 bits per heavy atom. The lowest BCUT2D eigenvalue weighted by Crippen LogP contribution is -2.21. The van der Waals surface area contributed by atoms with Crippen LogP contribution in [-0.2, 0) is 0 Å². The third-order valence-electron chi connectivity index (χ3n) is 3.96. The molecule has 0 radical (unpaired) electrons. The molecule has 0 bridgehead atoms. The molecule has 0 aliphatic carbocycles. The summed E-state index contributed by atoms with van der Waals surface area (Å²) in [6.45, 7) is -0.543. The summed E-state index contributed by atoms with van der Waals surface area (Å²) in [4.78, 5) is 4.20. The highest BCUT2D eigenvalue weighted by atomic mass is 16.5. The van der Waals surface area contributed by atoms with Crippen LogP contribution in [0.3, 0.4) is 0 Å². The van der Waals surface area contributed by atoms with Crippen molar-refractivity contribution in [3.63, 3.8) is 0 Å². The fourth-order valence-corrected chi connectivity index (χ4v) is 2.74. The maximum Gasteiger partial charge on any atom is 0.222 e. The first-order valence-electron chi connectivity index (χ1n) is 8.07. The highest BCUT2D eigenvalue weighted by Gasteiger charge is 2.16. The molecule has 0 unspecified atom stereocenters. The van der Waals surface area contributed by atoms with Crippen LogP contribution < -0.4 is 9.47 Å². The minimum absolute atomic E-state index is 0.125. The van der Waals surface area contributed by atoms with Gasteiger partial charge in [-0.3, -0.25) is 0 Å². The SMILES string of the molecule is COc1ccc2c(OC[C@@H](O)CO)nc(C#N)cc2c1-c1ccccc1. The van der Waals surface area contributed by atoms with Gasteiger partial charge in [0.2, 0.25) is 5.88 Å². The number of methoxy groups -OCH3 is 1. The van der Waals surface area contributed by atoms with E-state index in [0.717, 1.165) is 16.5 Å². The van der Waals surface area contributed by atoms with Crippen LogP contribution in [0.1, 0.15) is 5.69 Å². The molecular formula is C20H18N2O4. The zero-order chi connectivity index (χ0) is 18.5. The summed E-state index contributed by atoms with van der Waals surface area (Å²) in [5, 5.41) is 29.3. The Balaban J connectivity index is 2.24. The van der Waals surface area contributed by atoms with Crippen LogP contribution >= 0.6 is 0 Å². The zero-order valence-corrected chi connectivity index (χ0v) is 14.2. The molecule has 3 aromatic rings. The van der Waals surface area contributed by atoms with Crippen LogP contribution in [0, 0.1) is 11.3 Å². The first kappa shape index (κ1) is 17.7. The molecule has 0 aliphatic rings. The molecule has 0 saturated carbocycles. The predicted molar refractivity (Wildman–Crippen MR) is 97.0 cm³/mol. The second-order valence-corrected chi connectivity index (χ2v) is 5.68. The number of rotatable bonds is 6. The number of hydrogen-bond donors (Lipinski definition) is 2. The molecule has 1 atom stereocenters. The molecule has 2 N–H and O–H groups in total. The third kappa shape index (κ3) is 3.45. The van der Waals surface area contributed by atoms with Crippen LogP contribution in [0.15, 0.2) is 48.5 Å². The monoisotopic (exact) mass is 350 g/mol. The quantitative estimate of drug-likeness (QED) is 0.709. The lowest BCUT2D eigenvalue weighted by atomic mass is 9.97. The van der Waals surface area contributed by atoms with Crippen molar-refractivity contribution in [1.29, 1.82) is 5.26 Å². The Bertz CT molecular complexity index is 951. The number of nitriles is 1. The van der Waals surface area contributed by atoms with Gasteiger partial charge in [-0.1, -0.05) is 30.3 Å². The van der Waals surface area contributed by atoms with Crippen LogP contribution in [0.25, 0.3) is 21.9 Å². The Labute approximate surface area is 150 Å². The van der Waals surface area contributed by atoms with E-state index in [4.69, 9.17) is 14.6 Å². The number of pyridine rings is 1. The molecule has 3 rings (SSSR count). The molecule has 0 spiro atoms. The van der Waals surface area contributed by atoms with E-state index < -0.39 is 12.7 Å². The van der Waals surface area contributed by atoms with Crippen molar-refractivity contribution < 1.29 is 19.7 Å². The number of benzene rings is 2. The first-order valence-corrected chi connectivity index (χ1v) is 8.07. The first-order chi connectivity index (χ1) is 12.7. The second-order valence-electron chi connectivity index (χ2n) is 5.68. The molecule has 132 valence electrons. The largest absolute Gasteiger partial charge is 0.496 e. The molecule has 1 heterocycles. The summed E-state index contributed by atoms with van der Waals surface area (Å²) in [6, 6.07) is 17.0. The summed E-state index contributed by atoms with van der Waals surface area (Å²) in [5.41, 5.74) is 1.96. The van der Waals surface area contributed by atoms with E-state index >= 15 is 0 Å². The standard InChI is InChI=1S/C20H18N2O4/c1-25-18-8-7-16-17(19(18)13-5-3-2-4-6-13)9-14(10-21)22-20(16)26-12-15(24)11-23/h2-9,15,23-24H,11-12H2,1H3/t15-/m0/s1. The number of ether oxygens (including phenoxy) is 2. The summed E-state index contributed by atoms with van der Waals surface area (Å²) in [7, 11) is 1.59. The number of fused-ring (bicyclic) bond motifs is 1. The molecular weight excluding hydrogens is 332 g/mol. The van der Waals surface area contributed by atoms with Crippen LogP contribution in [0.2, 0.25) is 0 Å². The molecule has 2 aromatic carbocycles. The maximum atomic E-state index is 9.54. The van der Waals surface area contributed by atoms with E-state index in [1.54, 1.807) is 19.2 Å². The van der Waals surface area contributed by atoms with Crippen LogP contribution in [0.4, 0.5) is 0 Å². The van der Waals surface area contributed by atoms with E-state index in [1.807, 2.05) is 42.5 Å². The van der Waals surface area contributed by atoms with Gasteiger partial charge < -0.3 is 19.7 Å². The van der Waals surface area contributed by atoms with Crippen molar-refractivity contribution in [2.75, 3.05) is 20.3 Å². The van der Waals surface area contributed by atoms with Crippen molar-refractivity contribution in [2.24, 2.45) is 0 Å². The maximum absolute atomic E-state index is 9.54. The van der Waals surface area contributed by atoms with Gasteiger partial charge in [-0.05, 0) is 23.8 Å². The third-order valence-corrected chi connectivity index (χ3v) is 3.96. The summed E-state index contributed by atoms with van der Waals surface area (Å²) in [6.07, 6.45) is -1.02. The molecule has 1 aromatic heterocycles. The predicted octanol–water partition coefficient (Wildman–Crippen LogP) is 2.51.